The molecule has 0 bridgehead atoms. The molecule has 30 heavy (non-hydrogen) atoms. The van der Waals surface area contributed by atoms with Gasteiger partial charge in [0.25, 0.3) is 0 Å². The van der Waals surface area contributed by atoms with E-state index in [0.29, 0.717) is 18.7 Å². The van der Waals surface area contributed by atoms with E-state index in [-0.39, 0.29) is 6.04 Å². The first kappa shape index (κ1) is 21.8. The fraction of sp³-hybridized carbons (Fsp3) is 0.391. The van der Waals surface area contributed by atoms with Crippen LogP contribution in [-0.2, 0) is 11.2 Å². The summed E-state index contributed by atoms with van der Waals surface area (Å²) >= 11 is 0. The summed E-state index contributed by atoms with van der Waals surface area (Å²) in [4.78, 5) is 18.7. The van der Waals surface area contributed by atoms with Gasteiger partial charge in [-0.3, -0.25) is 4.98 Å². The summed E-state index contributed by atoms with van der Waals surface area (Å²) in [7, 11) is 0. The number of aromatic amines is 1. The van der Waals surface area contributed by atoms with E-state index in [1.54, 1.807) is 18.5 Å². The Balaban J connectivity index is 1.66. The SMILES string of the molecule is CCCC(Oc1cccc2c(C[C@@H](C)NC[C@H](O)c3cccnc3)c[nH]c12)C(=O)O. The number of carboxylic acid groups (broad SMARTS) is 1. The van der Waals surface area contributed by atoms with Crippen molar-refractivity contribution in [2.75, 3.05) is 6.54 Å². The van der Waals surface area contributed by atoms with Crippen LogP contribution in [0, 0.1) is 0 Å². The summed E-state index contributed by atoms with van der Waals surface area (Å²) in [5.74, 6) is -0.405. The second kappa shape index (κ2) is 10.2. The summed E-state index contributed by atoms with van der Waals surface area (Å²) in [6.45, 7) is 4.43. The molecule has 1 aromatic carbocycles. The minimum atomic E-state index is -0.953. The monoisotopic (exact) mass is 411 g/mol. The van der Waals surface area contributed by atoms with Crippen LogP contribution in [0.25, 0.3) is 10.9 Å². The minimum absolute atomic E-state index is 0.131. The highest BCUT2D eigenvalue weighted by atomic mass is 16.5. The zero-order valence-electron chi connectivity index (χ0n) is 17.3. The number of aliphatic carboxylic acids is 1. The molecule has 0 radical (unpaired) electrons. The zero-order valence-corrected chi connectivity index (χ0v) is 17.3. The number of hydrogen-bond acceptors (Lipinski definition) is 5. The maximum atomic E-state index is 11.4. The van der Waals surface area contributed by atoms with Crippen molar-refractivity contribution >= 4 is 16.9 Å². The molecule has 7 nitrogen and oxygen atoms in total. The molecule has 0 aliphatic rings. The Morgan fingerprint density at radius 3 is 2.83 bits per heavy atom. The van der Waals surface area contributed by atoms with Gasteiger partial charge >= 0.3 is 5.97 Å². The molecule has 7 heteroatoms. The van der Waals surface area contributed by atoms with Crippen molar-refractivity contribution in [2.24, 2.45) is 0 Å². The first-order chi connectivity index (χ1) is 14.5. The fourth-order valence-corrected chi connectivity index (χ4v) is 3.51. The number of benzene rings is 1. The van der Waals surface area contributed by atoms with Gasteiger partial charge in [0.1, 0.15) is 5.75 Å². The quantitative estimate of drug-likeness (QED) is 0.385. The number of aliphatic hydroxyl groups is 1. The van der Waals surface area contributed by atoms with E-state index in [4.69, 9.17) is 4.74 Å². The second-order valence-corrected chi connectivity index (χ2v) is 7.54. The van der Waals surface area contributed by atoms with Crippen LogP contribution < -0.4 is 10.1 Å². The van der Waals surface area contributed by atoms with Gasteiger partial charge < -0.3 is 25.3 Å². The number of carbonyl (C=O) groups is 1. The number of aromatic nitrogens is 2. The molecule has 3 atom stereocenters. The van der Waals surface area contributed by atoms with E-state index in [0.717, 1.165) is 34.9 Å². The van der Waals surface area contributed by atoms with Crippen molar-refractivity contribution in [2.45, 2.75) is 51.4 Å². The maximum Gasteiger partial charge on any atom is 0.344 e. The van der Waals surface area contributed by atoms with Crippen LogP contribution in [0.4, 0.5) is 0 Å². The summed E-state index contributed by atoms with van der Waals surface area (Å²) in [6, 6.07) is 9.47. The molecular formula is C23H29N3O4. The topological polar surface area (TPSA) is 107 Å². The Labute approximate surface area is 176 Å². The van der Waals surface area contributed by atoms with E-state index >= 15 is 0 Å². The van der Waals surface area contributed by atoms with Gasteiger partial charge in [0.15, 0.2) is 6.10 Å². The van der Waals surface area contributed by atoms with Gasteiger partial charge in [-0.1, -0.05) is 31.5 Å². The van der Waals surface area contributed by atoms with Crippen molar-refractivity contribution in [3.05, 3.63) is 60.0 Å². The largest absolute Gasteiger partial charge is 0.479 e. The molecule has 3 aromatic rings. The molecule has 1 unspecified atom stereocenters. The molecule has 0 saturated carbocycles. The molecule has 0 amide bonds. The summed E-state index contributed by atoms with van der Waals surface area (Å²) < 4.78 is 5.79. The van der Waals surface area contributed by atoms with Crippen LogP contribution in [-0.4, -0.2) is 44.8 Å². The van der Waals surface area contributed by atoms with E-state index in [2.05, 4.69) is 22.2 Å². The minimum Gasteiger partial charge on any atom is -0.479 e. The molecule has 0 spiro atoms. The highest BCUT2D eigenvalue weighted by molar-refractivity contribution is 5.88. The average molecular weight is 412 g/mol. The van der Waals surface area contributed by atoms with Crippen LogP contribution in [0.2, 0.25) is 0 Å². The van der Waals surface area contributed by atoms with E-state index in [1.165, 1.54) is 0 Å². The van der Waals surface area contributed by atoms with Gasteiger partial charge in [0, 0.05) is 42.1 Å². The zero-order chi connectivity index (χ0) is 21.5. The van der Waals surface area contributed by atoms with Crippen LogP contribution in [0.1, 0.15) is 43.9 Å². The van der Waals surface area contributed by atoms with Gasteiger partial charge in [-0.05, 0) is 37.5 Å². The first-order valence-electron chi connectivity index (χ1n) is 10.3. The van der Waals surface area contributed by atoms with Crippen molar-refractivity contribution in [3.8, 4) is 5.75 Å². The lowest BCUT2D eigenvalue weighted by Crippen LogP contribution is -2.32. The number of rotatable bonds is 11. The number of nitrogens with one attached hydrogen (secondary N) is 2. The molecule has 0 fully saturated rings. The number of carboxylic acids is 1. The molecule has 3 rings (SSSR count). The number of nitrogens with zero attached hydrogens (tertiary/aromatic N) is 1. The second-order valence-electron chi connectivity index (χ2n) is 7.54. The van der Waals surface area contributed by atoms with Gasteiger partial charge in [-0.25, -0.2) is 4.79 Å². The van der Waals surface area contributed by atoms with Gasteiger partial charge in [-0.2, -0.15) is 0 Å². The Morgan fingerprint density at radius 2 is 2.13 bits per heavy atom. The lowest BCUT2D eigenvalue weighted by Gasteiger charge is -2.17. The lowest BCUT2D eigenvalue weighted by atomic mass is 10.1. The molecule has 0 aliphatic heterocycles. The molecule has 4 N–H and O–H groups in total. The Hall–Kier alpha value is -2.90. The third kappa shape index (κ3) is 5.37. The molecule has 2 heterocycles. The number of aliphatic hydroxyl groups excluding tert-OH is 1. The predicted octanol–water partition coefficient (Wildman–Crippen LogP) is 3.45. The standard InChI is InChI=1S/C23H29N3O4/c1-3-6-21(23(28)29)30-20-9-4-8-18-17(13-26-22(18)20)11-15(2)25-14-19(27)16-7-5-10-24-12-16/h4-5,7-10,12-13,15,19,21,25-27H,3,6,11,14H2,1-2H3,(H,28,29)/t15-,19+,21?/m1/s1. The number of H-pyrrole nitrogens is 1. The third-order valence-corrected chi connectivity index (χ3v) is 5.11. The molecule has 160 valence electrons. The predicted molar refractivity (Wildman–Crippen MR) is 116 cm³/mol. The summed E-state index contributed by atoms with van der Waals surface area (Å²) in [5.41, 5.74) is 2.69. The van der Waals surface area contributed by atoms with Crippen molar-refractivity contribution in [1.29, 1.82) is 0 Å². The first-order valence-corrected chi connectivity index (χ1v) is 10.3. The normalized spacial score (nSPS) is 14.4. The fourth-order valence-electron chi connectivity index (χ4n) is 3.51. The number of pyridine rings is 1. The molecule has 0 saturated heterocycles. The smallest absolute Gasteiger partial charge is 0.344 e. The highest BCUT2D eigenvalue weighted by Gasteiger charge is 2.20. The van der Waals surface area contributed by atoms with E-state index < -0.39 is 18.2 Å². The average Bonchev–Trinajstić information content (AvgIpc) is 3.16. The lowest BCUT2D eigenvalue weighted by molar-refractivity contribution is -0.145. The Kier molecular flexibility index (Phi) is 7.43. The van der Waals surface area contributed by atoms with Gasteiger partial charge in [0.05, 0.1) is 11.6 Å². The third-order valence-electron chi connectivity index (χ3n) is 5.11. The van der Waals surface area contributed by atoms with E-state index in [1.807, 2.05) is 37.4 Å². The maximum absolute atomic E-state index is 11.4. The number of ether oxygens (including phenoxy) is 1. The van der Waals surface area contributed by atoms with E-state index in [9.17, 15) is 15.0 Å². The van der Waals surface area contributed by atoms with Gasteiger partial charge in [-0.15, -0.1) is 0 Å². The van der Waals surface area contributed by atoms with Crippen LogP contribution >= 0.6 is 0 Å². The number of fused-ring (bicyclic) bond motifs is 1. The number of hydrogen-bond donors (Lipinski definition) is 4. The summed E-state index contributed by atoms with van der Waals surface area (Å²) in [6.07, 6.45) is 5.75. The summed E-state index contributed by atoms with van der Waals surface area (Å²) in [5, 5.41) is 24.1. The van der Waals surface area contributed by atoms with Crippen LogP contribution in [0.3, 0.4) is 0 Å². The Bertz CT molecular complexity index is 957. The molecule has 0 aliphatic carbocycles. The number of para-hydroxylation sites is 1. The van der Waals surface area contributed by atoms with Crippen LogP contribution in [0.5, 0.6) is 5.75 Å². The molecule has 2 aromatic heterocycles. The van der Waals surface area contributed by atoms with Crippen LogP contribution in [0.15, 0.2) is 48.9 Å². The van der Waals surface area contributed by atoms with Crippen molar-refractivity contribution < 1.29 is 19.7 Å². The highest BCUT2D eigenvalue weighted by Crippen LogP contribution is 2.29. The van der Waals surface area contributed by atoms with Gasteiger partial charge in [0.2, 0.25) is 0 Å². The van der Waals surface area contributed by atoms with Crippen molar-refractivity contribution in [3.63, 3.8) is 0 Å². The Morgan fingerprint density at radius 1 is 1.30 bits per heavy atom. The van der Waals surface area contributed by atoms with Crippen molar-refractivity contribution in [1.82, 2.24) is 15.3 Å². The molecular weight excluding hydrogens is 382 g/mol.